The first kappa shape index (κ1) is 9.44. The lowest BCUT2D eigenvalue weighted by atomic mass is 9.88. The van der Waals surface area contributed by atoms with Crippen LogP contribution in [0.3, 0.4) is 0 Å². The first-order chi connectivity index (χ1) is 5.96. The maximum atomic E-state index is 11.0. The van der Waals surface area contributed by atoms with Gasteiger partial charge in [-0.25, -0.2) is 0 Å². The Morgan fingerprint density at radius 1 is 1.54 bits per heavy atom. The number of carbonyl (C=O) groups is 3. The van der Waals surface area contributed by atoms with E-state index in [-0.39, 0.29) is 0 Å². The molecule has 0 aromatic rings. The Balaban J connectivity index is 2.55. The lowest BCUT2D eigenvalue weighted by molar-refractivity contribution is -0.149. The van der Waals surface area contributed by atoms with Crippen molar-refractivity contribution in [1.29, 1.82) is 0 Å². The number of hydrogen-bond acceptors (Lipinski definition) is 4. The monoisotopic (exact) mass is 183 g/mol. The number of rotatable bonds is 2. The van der Waals surface area contributed by atoms with Crippen LogP contribution >= 0.6 is 0 Å². The van der Waals surface area contributed by atoms with Gasteiger partial charge in [-0.1, -0.05) is 0 Å². The van der Waals surface area contributed by atoms with Gasteiger partial charge >= 0.3 is 5.97 Å². The predicted octanol–water partition coefficient (Wildman–Crippen LogP) is -0.479. The minimum absolute atomic E-state index is 0.474. The van der Waals surface area contributed by atoms with E-state index in [9.17, 15) is 14.4 Å². The quantitative estimate of drug-likeness (QED) is 0.271. The highest BCUT2D eigenvalue weighted by atomic mass is 16.5. The zero-order chi connectivity index (χ0) is 10.1. The van der Waals surface area contributed by atoms with Crippen LogP contribution in [0.25, 0.3) is 0 Å². The van der Waals surface area contributed by atoms with Crippen LogP contribution in [0, 0.1) is 0 Å². The SMILES string of the molecule is CC(=O)OC=CC1(C)NC(=O)C1=O. The van der Waals surface area contributed by atoms with E-state index in [2.05, 4.69) is 10.1 Å². The molecule has 5 nitrogen and oxygen atoms in total. The minimum Gasteiger partial charge on any atom is -0.435 e. The molecule has 0 spiro atoms. The lowest BCUT2D eigenvalue weighted by Crippen LogP contribution is -2.67. The zero-order valence-electron chi connectivity index (χ0n) is 7.29. The number of hydrogen-bond donors (Lipinski definition) is 1. The van der Waals surface area contributed by atoms with E-state index in [1.807, 2.05) is 0 Å². The molecule has 0 radical (unpaired) electrons. The third kappa shape index (κ3) is 1.74. The molecule has 1 atom stereocenters. The van der Waals surface area contributed by atoms with Crippen molar-refractivity contribution in [2.45, 2.75) is 19.4 Å². The molecule has 1 unspecified atom stereocenters. The summed E-state index contributed by atoms with van der Waals surface area (Å²) in [5, 5.41) is 2.38. The highest BCUT2D eigenvalue weighted by Gasteiger charge is 2.47. The minimum atomic E-state index is -1.01. The molecule has 70 valence electrons. The molecule has 13 heavy (non-hydrogen) atoms. The smallest absolute Gasteiger partial charge is 0.307 e. The average molecular weight is 183 g/mol. The molecule has 1 N–H and O–H groups in total. The van der Waals surface area contributed by atoms with Gasteiger partial charge in [0, 0.05) is 6.92 Å². The summed E-state index contributed by atoms with van der Waals surface area (Å²) in [5.41, 5.74) is -1.01. The second-order valence-electron chi connectivity index (χ2n) is 2.90. The van der Waals surface area contributed by atoms with E-state index in [4.69, 9.17) is 0 Å². The normalized spacial score (nSPS) is 26.9. The highest BCUT2D eigenvalue weighted by molar-refractivity contribution is 6.47. The van der Waals surface area contributed by atoms with Gasteiger partial charge < -0.3 is 10.1 Å². The van der Waals surface area contributed by atoms with Crippen LogP contribution in [-0.2, 0) is 19.1 Å². The number of ether oxygens (including phenoxy) is 1. The number of carbonyl (C=O) groups excluding carboxylic acids is 3. The Labute approximate surface area is 74.7 Å². The van der Waals surface area contributed by atoms with E-state index < -0.39 is 23.2 Å². The van der Waals surface area contributed by atoms with E-state index in [1.165, 1.54) is 19.9 Å². The molecule has 1 amide bonds. The van der Waals surface area contributed by atoms with Crippen molar-refractivity contribution in [3.8, 4) is 0 Å². The second-order valence-corrected chi connectivity index (χ2v) is 2.90. The van der Waals surface area contributed by atoms with Gasteiger partial charge in [0.05, 0.1) is 6.26 Å². The maximum absolute atomic E-state index is 11.0. The molecule has 0 aliphatic carbocycles. The van der Waals surface area contributed by atoms with Crippen LogP contribution < -0.4 is 5.32 Å². The van der Waals surface area contributed by atoms with Crippen molar-refractivity contribution >= 4 is 17.7 Å². The molecule has 1 aliphatic heterocycles. The average Bonchev–Trinajstić information content (AvgIpc) is 2.03. The summed E-state index contributed by atoms with van der Waals surface area (Å²) in [6.07, 6.45) is 2.43. The molecule has 0 saturated carbocycles. The van der Waals surface area contributed by atoms with Gasteiger partial charge in [-0.3, -0.25) is 14.4 Å². The molecule has 0 aromatic carbocycles. The second kappa shape index (κ2) is 3.01. The van der Waals surface area contributed by atoms with Crippen LogP contribution in [-0.4, -0.2) is 23.2 Å². The summed E-state index contributed by atoms with van der Waals surface area (Å²) in [6, 6.07) is 0. The first-order valence-corrected chi connectivity index (χ1v) is 3.67. The van der Waals surface area contributed by atoms with E-state index in [0.717, 1.165) is 6.26 Å². The molecule has 1 aliphatic rings. The fraction of sp³-hybridized carbons (Fsp3) is 0.375. The summed E-state index contributed by atoms with van der Waals surface area (Å²) < 4.78 is 4.47. The zero-order valence-corrected chi connectivity index (χ0v) is 7.29. The standard InChI is InChI=1S/C8H9NO4/c1-5(10)13-4-3-8(2)6(11)7(12)9-8/h3-4H,1-2H3,(H,9,12). The maximum Gasteiger partial charge on any atom is 0.307 e. The summed E-state index contributed by atoms with van der Waals surface area (Å²) in [7, 11) is 0. The van der Waals surface area contributed by atoms with E-state index in [0.29, 0.717) is 0 Å². The van der Waals surface area contributed by atoms with Crippen LogP contribution in [0.1, 0.15) is 13.8 Å². The van der Waals surface area contributed by atoms with Gasteiger partial charge in [0.15, 0.2) is 0 Å². The van der Waals surface area contributed by atoms with Crippen molar-refractivity contribution in [2.24, 2.45) is 0 Å². The highest BCUT2D eigenvalue weighted by Crippen LogP contribution is 2.16. The number of amides is 1. The van der Waals surface area contributed by atoms with E-state index >= 15 is 0 Å². The van der Waals surface area contributed by atoms with Gasteiger partial charge in [0.2, 0.25) is 5.78 Å². The van der Waals surface area contributed by atoms with E-state index in [1.54, 1.807) is 0 Å². The number of ketones is 1. The van der Waals surface area contributed by atoms with Crippen molar-refractivity contribution < 1.29 is 19.1 Å². The van der Waals surface area contributed by atoms with Crippen molar-refractivity contribution in [3.63, 3.8) is 0 Å². The van der Waals surface area contributed by atoms with Crippen LogP contribution in [0.4, 0.5) is 0 Å². The van der Waals surface area contributed by atoms with Crippen LogP contribution in [0.15, 0.2) is 12.3 Å². The first-order valence-electron chi connectivity index (χ1n) is 3.67. The summed E-state index contributed by atoms with van der Waals surface area (Å²) in [5.74, 6) is -1.62. The van der Waals surface area contributed by atoms with Crippen LogP contribution in [0.2, 0.25) is 0 Å². The number of Topliss-reactive ketones (excluding diaryl/α,β-unsaturated/α-hetero) is 1. The molecule has 1 fully saturated rings. The topological polar surface area (TPSA) is 72.5 Å². The number of β-lactam (4-membered cyclic amide) rings is 1. The molecule has 5 heteroatoms. The van der Waals surface area contributed by atoms with Crippen molar-refractivity contribution in [3.05, 3.63) is 12.3 Å². The van der Waals surface area contributed by atoms with Crippen molar-refractivity contribution in [1.82, 2.24) is 5.32 Å². The fourth-order valence-corrected chi connectivity index (χ4v) is 0.906. The fourth-order valence-electron chi connectivity index (χ4n) is 0.906. The molecule has 1 saturated heterocycles. The molecule has 1 heterocycles. The lowest BCUT2D eigenvalue weighted by Gasteiger charge is -2.33. The van der Waals surface area contributed by atoms with Gasteiger partial charge in [-0.15, -0.1) is 0 Å². The predicted molar refractivity (Wildman–Crippen MR) is 42.5 cm³/mol. The molecule has 0 aromatic heterocycles. The summed E-state index contributed by atoms with van der Waals surface area (Å²) >= 11 is 0. The Kier molecular flexibility index (Phi) is 2.18. The van der Waals surface area contributed by atoms with Crippen molar-refractivity contribution in [2.75, 3.05) is 0 Å². The third-order valence-electron chi connectivity index (χ3n) is 1.69. The molecular weight excluding hydrogens is 174 g/mol. The Morgan fingerprint density at radius 2 is 2.15 bits per heavy atom. The Bertz CT molecular complexity index is 307. The Hall–Kier alpha value is -1.65. The summed E-state index contributed by atoms with van der Waals surface area (Å²) in [6.45, 7) is 2.77. The van der Waals surface area contributed by atoms with Gasteiger partial charge in [0.25, 0.3) is 5.91 Å². The Morgan fingerprint density at radius 3 is 2.54 bits per heavy atom. The molecular formula is C8H9NO4. The van der Waals surface area contributed by atoms with Crippen LogP contribution in [0.5, 0.6) is 0 Å². The number of esters is 1. The third-order valence-corrected chi connectivity index (χ3v) is 1.69. The molecule has 0 bridgehead atoms. The van der Waals surface area contributed by atoms with Gasteiger partial charge in [-0.2, -0.15) is 0 Å². The number of nitrogens with one attached hydrogen (secondary N) is 1. The molecule has 1 rings (SSSR count). The van der Waals surface area contributed by atoms with Gasteiger partial charge in [-0.05, 0) is 13.0 Å². The summed E-state index contributed by atoms with van der Waals surface area (Å²) in [4.78, 5) is 31.8. The van der Waals surface area contributed by atoms with Gasteiger partial charge in [0.1, 0.15) is 5.54 Å². The largest absolute Gasteiger partial charge is 0.435 e.